The van der Waals surface area contributed by atoms with Crippen molar-refractivity contribution in [3.05, 3.63) is 54.1 Å². The number of benzene rings is 2. The van der Waals surface area contributed by atoms with E-state index in [9.17, 15) is 4.79 Å². The van der Waals surface area contributed by atoms with Crippen LogP contribution in [-0.2, 0) is 0 Å². The molecule has 0 atom stereocenters. The summed E-state index contributed by atoms with van der Waals surface area (Å²) in [6, 6.07) is 15.3. The highest BCUT2D eigenvalue weighted by atomic mass is 32.2. The third-order valence-corrected chi connectivity index (χ3v) is 3.39. The summed E-state index contributed by atoms with van der Waals surface area (Å²) in [7, 11) is 0. The Balaban J connectivity index is 2.13. The van der Waals surface area contributed by atoms with Crippen molar-refractivity contribution in [1.82, 2.24) is 0 Å². The van der Waals surface area contributed by atoms with Crippen LogP contribution in [0.15, 0.2) is 58.3 Å². The van der Waals surface area contributed by atoms with E-state index in [1.807, 2.05) is 48.5 Å². The van der Waals surface area contributed by atoms with E-state index in [0.29, 0.717) is 0 Å². The van der Waals surface area contributed by atoms with E-state index in [1.165, 1.54) is 0 Å². The van der Waals surface area contributed by atoms with Crippen LogP contribution in [-0.4, -0.2) is 5.78 Å². The number of nitrogen functional groups attached to an aromatic ring is 1. The topological polar surface area (TPSA) is 43.1 Å². The quantitative estimate of drug-likeness (QED) is 0.661. The van der Waals surface area contributed by atoms with E-state index in [1.54, 1.807) is 18.7 Å². The molecule has 2 aromatic carbocycles. The molecule has 86 valence electrons. The first-order valence-corrected chi connectivity index (χ1v) is 6.11. The monoisotopic (exact) mass is 243 g/mol. The zero-order valence-corrected chi connectivity index (χ0v) is 10.3. The summed E-state index contributed by atoms with van der Waals surface area (Å²) in [6.45, 7) is 1.57. The first-order valence-electron chi connectivity index (χ1n) is 5.29. The fourth-order valence-corrected chi connectivity index (χ4v) is 2.25. The second-order valence-corrected chi connectivity index (χ2v) is 4.90. The molecular weight excluding hydrogens is 230 g/mol. The molecule has 2 aromatic rings. The first-order chi connectivity index (χ1) is 8.15. The van der Waals surface area contributed by atoms with Crippen molar-refractivity contribution < 1.29 is 4.79 Å². The molecule has 0 aliphatic carbocycles. The summed E-state index contributed by atoms with van der Waals surface area (Å²) in [4.78, 5) is 13.4. The molecule has 0 heterocycles. The number of rotatable bonds is 3. The Kier molecular flexibility index (Phi) is 3.49. The molecule has 0 aromatic heterocycles. The lowest BCUT2D eigenvalue weighted by Gasteiger charge is -2.03. The summed E-state index contributed by atoms with van der Waals surface area (Å²) >= 11 is 1.65. The molecule has 0 amide bonds. The van der Waals surface area contributed by atoms with Gasteiger partial charge in [-0.25, -0.2) is 0 Å². The largest absolute Gasteiger partial charge is 0.399 e. The average molecular weight is 243 g/mol. The number of ketones is 1. The van der Waals surface area contributed by atoms with Gasteiger partial charge in [0.25, 0.3) is 0 Å². The van der Waals surface area contributed by atoms with E-state index in [-0.39, 0.29) is 5.78 Å². The van der Waals surface area contributed by atoms with E-state index in [2.05, 4.69) is 0 Å². The summed E-state index contributed by atoms with van der Waals surface area (Å²) in [5.41, 5.74) is 7.13. The molecule has 0 radical (unpaired) electrons. The predicted molar refractivity (Wildman–Crippen MR) is 71.4 cm³/mol. The maximum Gasteiger partial charge on any atom is 0.159 e. The van der Waals surface area contributed by atoms with Crippen molar-refractivity contribution in [3.63, 3.8) is 0 Å². The van der Waals surface area contributed by atoms with Crippen molar-refractivity contribution in [1.29, 1.82) is 0 Å². The van der Waals surface area contributed by atoms with Gasteiger partial charge in [0.15, 0.2) is 5.78 Å². The average Bonchev–Trinajstić information content (AvgIpc) is 2.33. The second kappa shape index (κ2) is 5.06. The van der Waals surface area contributed by atoms with Gasteiger partial charge in [0.2, 0.25) is 0 Å². The van der Waals surface area contributed by atoms with Crippen molar-refractivity contribution in [3.8, 4) is 0 Å². The number of Topliss-reactive ketones (excluding diaryl/α,β-unsaturated/α-hetero) is 1. The molecule has 17 heavy (non-hydrogen) atoms. The van der Waals surface area contributed by atoms with Gasteiger partial charge in [0.05, 0.1) is 0 Å². The summed E-state index contributed by atoms with van der Waals surface area (Å²) in [5, 5.41) is 0. The Labute approximate surface area is 105 Å². The lowest BCUT2D eigenvalue weighted by molar-refractivity contribution is 0.101. The molecule has 0 saturated heterocycles. The fourth-order valence-electron chi connectivity index (χ4n) is 1.43. The molecule has 0 aliphatic heterocycles. The number of carbonyl (C=O) groups is 1. The molecule has 0 aliphatic rings. The van der Waals surface area contributed by atoms with Crippen LogP contribution in [0.25, 0.3) is 0 Å². The van der Waals surface area contributed by atoms with Crippen LogP contribution in [0.3, 0.4) is 0 Å². The second-order valence-electron chi connectivity index (χ2n) is 3.75. The standard InChI is InChI=1S/C14H13NOS/c1-10(16)11-2-6-13(7-3-11)17-14-8-4-12(15)5-9-14/h2-9H,15H2,1H3. The Hall–Kier alpha value is -1.74. The van der Waals surface area contributed by atoms with Crippen molar-refractivity contribution in [2.24, 2.45) is 0 Å². The Morgan fingerprint density at radius 3 is 1.88 bits per heavy atom. The minimum Gasteiger partial charge on any atom is -0.399 e. The molecule has 0 unspecified atom stereocenters. The van der Waals surface area contributed by atoms with E-state index in [4.69, 9.17) is 5.73 Å². The van der Waals surface area contributed by atoms with Gasteiger partial charge >= 0.3 is 0 Å². The van der Waals surface area contributed by atoms with Crippen LogP contribution in [0.4, 0.5) is 5.69 Å². The lowest BCUT2D eigenvalue weighted by atomic mass is 10.2. The molecule has 0 bridgehead atoms. The third kappa shape index (κ3) is 3.11. The van der Waals surface area contributed by atoms with Gasteiger partial charge in [-0.05, 0) is 43.3 Å². The van der Waals surface area contributed by atoms with Crippen molar-refractivity contribution >= 4 is 23.2 Å². The molecule has 2 rings (SSSR count). The zero-order valence-electron chi connectivity index (χ0n) is 9.51. The van der Waals surface area contributed by atoms with E-state index in [0.717, 1.165) is 21.0 Å². The van der Waals surface area contributed by atoms with Gasteiger partial charge in [-0.3, -0.25) is 4.79 Å². The van der Waals surface area contributed by atoms with Gasteiger partial charge < -0.3 is 5.73 Å². The van der Waals surface area contributed by atoms with E-state index < -0.39 is 0 Å². The van der Waals surface area contributed by atoms with Crippen molar-refractivity contribution in [2.75, 3.05) is 5.73 Å². The molecule has 3 heteroatoms. The lowest BCUT2D eigenvalue weighted by Crippen LogP contribution is -1.90. The third-order valence-electron chi connectivity index (χ3n) is 2.38. The number of nitrogens with two attached hydrogens (primary N) is 1. The Morgan fingerprint density at radius 2 is 1.41 bits per heavy atom. The maximum absolute atomic E-state index is 11.1. The van der Waals surface area contributed by atoms with Crippen LogP contribution in [0.5, 0.6) is 0 Å². The van der Waals surface area contributed by atoms with Crippen molar-refractivity contribution in [2.45, 2.75) is 16.7 Å². The number of anilines is 1. The van der Waals surface area contributed by atoms with Gasteiger partial charge in [0, 0.05) is 21.0 Å². The smallest absolute Gasteiger partial charge is 0.159 e. The molecule has 0 fully saturated rings. The molecular formula is C14H13NOS. The molecule has 0 spiro atoms. The predicted octanol–water partition coefficient (Wildman–Crippen LogP) is 3.62. The Morgan fingerprint density at radius 1 is 0.941 bits per heavy atom. The normalized spacial score (nSPS) is 10.2. The summed E-state index contributed by atoms with van der Waals surface area (Å²) < 4.78 is 0. The SMILES string of the molecule is CC(=O)c1ccc(Sc2ccc(N)cc2)cc1. The molecule has 2 nitrogen and oxygen atoms in total. The van der Waals surface area contributed by atoms with Crippen LogP contribution in [0.2, 0.25) is 0 Å². The Bertz CT molecular complexity index is 517. The van der Waals surface area contributed by atoms with Gasteiger partial charge in [-0.1, -0.05) is 23.9 Å². The molecule has 2 N–H and O–H groups in total. The minimum atomic E-state index is 0.0917. The van der Waals surface area contributed by atoms with Gasteiger partial charge in [0.1, 0.15) is 0 Å². The zero-order chi connectivity index (χ0) is 12.3. The van der Waals surface area contributed by atoms with Gasteiger partial charge in [-0.15, -0.1) is 0 Å². The summed E-state index contributed by atoms with van der Waals surface area (Å²) in [5.74, 6) is 0.0917. The molecule has 0 saturated carbocycles. The fraction of sp³-hybridized carbons (Fsp3) is 0.0714. The minimum absolute atomic E-state index is 0.0917. The summed E-state index contributed by atoms with van der Waals surface area (Å²) in [6.07, 6.45) is 0. The van der Waals surface area contributed by atoms with Crippen LogP contribution < -0.4 is 5.73 Å². The van der Waals surface area contributed by atoms with E-state index >= 15 is 0 Å². The van der Waals surface area contributed by atoms with Crippen LogP contribution in [0.1, 0.15) is 17.3 Å². The highest BCUT2D eigenvalue weighted by molar-refractivity contribution is 7.99. The van der Waals surface area contributed by atoms with Gasteiger partial charge in [-0.2, -0.15) is 0 Å². The number of hydrogen-bond donors (Lipinski definition) is 1. The van der Waals surface area contributed by atoms with Crippen LogP contribution >= 0.6 is 11.8 Å². The number of hydrogen-bond acceptors (Lipinski definition) is 3. The maximum atomic E-state index is 11.1. The highest BCUT2D eigenvalue weighted by Gasteiger charge is 2.00. The first kappa shape index (κ1) is 11.7. The van der Waals surface area contributed by atoms with Crippen LogP contribution in [0, 0.1) is 0 Å². The highest BCUT2D eigenvalue weighted by Crippen LogP contribution is 2.28. The number of carbonyl (C=O) groups excluding carboxylic acids is 1.